The van der Waals surface area contributed by atoms with Crippen LogP contribution in [0, 0.1) is 5.92 Å². The highest BCUT2D eigenvalue weighted by Gasteiger charge is 2.27. The first-order valence-electron chi connectivity index (χ1n) is 3.24. The second-order valence-electron chi connectivity index (χ2n) is 2.43. The first kappa shape index (κ1) is 9.06. The highest BCUT2D eigenvalue weighted by atomic mass is 31.1. The zero-order chi connectivity index (χ0) is 7.44. The first-order chi connectivity index (χ1) is 4.09. The maximum Gasteiger partial charge on any atom is 0.508 e. The summed E-state index contributed by atoms with van der Waals surface area (Å²) in [5, 5.41) is 0. The summed E-state index contributed by atoms with van der Waals surface area (Å²) in [6, 6.07) is 0. The predicted octanol–water partition coefficient (Wildman–Crippen LogP) is 2.16. The molecule has 3 heteroatoms. The average molecular weight is 149 g/mol. The maximum atomic E-state index is 10.4. The van der Waals surface area contributed by atoms with Crippen LogP contribution in [-0.4, -0.2) is 10.6 Å². The molecular weight excluding hydrogens is 135 g/mol. The smallest absolute Gasteiger partial charge is 0.161 e. The van der Waals surface area contributed by atoms with Crippen molar-refractivity contribution in [2.24, 2.45) is 5.92 Å². The Kier molecular flexibility index (Phi) is 4.00. The summed E-state index contributed by atoms with van der Waals surface area (Å²) in [5.74, 6) is 0.360. The molecule has 0 aromatic carbocycles. The van der Waals surface area contributed by atoms with Gasteiger partial charge < -0.3 is 0 Å². The summed E-state index contributed by atoms with van der Waals surface area (Å²) < 4.78 is 10.4. The minimum Gasteiger partial charge on any atom is -0.161 e. The van der Waals surface area contributed by atoms with Gasteiger partial charge in [-0.25, -0.2) is 0 Å². The Balaban J connectivity index is 3.72. The van der Waals surface area contributed by atoms with Gasteiger partial charge in [-0.15, -0.1) is 0 Å². The minimum absolute atomic E-state index is 0.0509. The van der Waals surface area contributed by atoms with E-state index in [4.69, 9.17) is 4.89 Å². The predicted molar refractivity (Wildman–Crippen MR) is 38.7 cm³/mol. The van der Waals surface area contributed by atoms with E-state index in [0.29, 0.717) is 5.92 Å². The summed E-state index contributed by atoms with van der Waals surface area (Å²) in [6.45, 7) is 5.83. The highest BCUT2D eigenvalue weighted by molar-refractivity contribution is 7.38. The van der Waals surface area contributed by atoms with Gasteiger partial charge in [-0.2, -0.15) is 4.89 Å². The van der Waals surface area contributed by atoms with Gasteiger partial charge in [0.1, 0.15) is 0 Å². The van der Waals surface area contributed by atoms with E-state index in [1.54, 1.807) is 0 Å². The van der Waals surface area contributed by atoms with Crippen LogP contribution in [0.25, 0.3) is 0 Å². The van der Waals surface area contributed by atoms with Crippen molar-refractivity contribution in [2.45, 2.75) is 32.9 Å². The molecule has 0 rings (SSSR count). The molecule has 0 aliphatic rings. The van der Waals surface area contributed by atoms with Crippen molar-refractivity contribution in [3.05, 3.63) is 0 Å². The quantitative estimate of drug-likeness (QED) is 0.624. The van der Waals surface area contributed by atoms with Crippen LogP contribution < -0.4 is 0 Å². The zero-order valence-corrected chi connectivity index (χ0v) is 7.06. The second-order valence-corrected chi connectivity index (χ2v) is 3.85. The molecule has 0 bridgehead atoms. The van der Waals surface area contributed by atoms with Crippen LogP contribution in [0.3, 0.4) is 0 Å². The molecule has 0 aromatic rings. The number of rotatable bonds is 3. The molecule has 0 saturated carbocycles. The summed E-state index contributed by atoms with van der Waals surface area (Å²) in [4.78, 5) is 8.63. The molecule has 1 N–H and O–H groups in total. The fraction of sp³-hybridized carbons (Fsp3) is 1.00. The second kappa shape index (κ2) is 3.97. The largest absolute Gasteiger partial charge is 0.508 e. The highest BCUT2D eigenvalue weighted by Crippen LogP contribution is 2.29. The van der Waals surface area contributed by atoms with Gasteiger partial charge in [-0.1, -0.05) is 13.8 Å². The molecule has 0 fully saturated rings. The van der Waals surface area contributed by atoms with E-state index < -0.39 is 8.03 Å². The SMILES string of the molecule is CCC(C)C(C)[P+](=O)O. The van der Waals surface area contributed by atoms with Crippen LogP contribution in [0.4, 0.5) is 0 Å². The van der Waals surface area contributed by atoms with Gasteiger partial charge in [0.25, 0.3) is 0 Å². The third-order valence-corrected chi connectivity index (χ3v) is 3.02. The van der Waals surface area contributed by atoms with Crippen molar-refractivity contribution in [2.75, 3.05) is 0 Å². The van der Waals surface area contributed by atoms with E-state index in [1.165, 1.54) is 0 Å². The fourth-order valence-corrected chi connectivity index (χ4v) is 1.21. The van der Waals surface area contributed by atoms with E-state index in [1.807, 2.05) is 20.8 Å². The van der Waals surface area contributed by atoms with Gasteiger partial charge in [0.2, 0.25) is 0 Å². The maximum absolute atomic E-state index is 10.4. The van der Waals surface area contributed by atoms with Crippen LogP contribution in [0.15, 0.2) is 0 Å². The summed E-state index contributed by atoms with van der Waals surface area (Å²) >= 11 is 0. The normalized spacial score (nSPS) is 18.9. The number of hydrogen-bond acceptors (Lipinski definition) is 1. The Bertz CT molecular complexity index is 103. The molecular formula is C6H14O2P+. The molecule has 54 valence electrons. The lowest BCUT2D eigenvalue weighted by atomic mass is 10.1. The van der Waals surface area contributed by atoms with Gasteiger partial charge in [0.05, 0.1) is 0 Å². The monoisotopic (exact) mass is 149 g/mol. The zero-order valence-electron chi connectivity index (χ0n) is 6.16. The molecule has 0 amide bonds. The van der Waals surface area contributed by atoms with Crippen molar-refractivity contribution in [1.82, 2.24) is 0 Å². The van der Waals surface area contributed by atoms with Crippen LogP contribution in [-0.2, 0) is 4.57 Å². The molecule has 3 atom stereocenters. The average Bonchev–Trinajstić information content (AvgIpc) is 1.84. The molecule has 2 nitrogen and oxygen atoms in total. The molecule has 0 aromatic heterocycles. The van der Waals surface area contributed by atoms with Crippen LogP contribution in [0.5, 0.6) is 0 Å². The fourth-order valence-electron chi connectivity index (χ4n) is 0.559. The number of hydrogen-bond donors (Lipinski definition) is 1. The Morgan fingerprint density at radius 1 is 1.56 bits per heavy atom. The van der Waals surface area contributed by atoms with E-state index in [0.717, 1.165) is 6.42 Å². The van der Waals surface area contributed by atoms with Crippen molar-refractivity contribution < 1.29 is 9.46 Å². The van der Waals surface area contributed by atoms with Crippen molar-refractivity contribution in [3.63, 3.8) is 0 Å². The molecule has 0 aliphatic heterocycles. The standard InChI is InChI=1S/C6H13O2P/c1-4-5(2)6(3)9(7)8/h5-6H,4H2,1-3H3/p+1. The molecule has 3 unspecified atom stereocenters. The lowest BCUT2D eigenvalue weighted by Gasteiger charge is -2.04. The van der Waals surface area contributed by atoms with Crippen LogP contribution >= 0.6 is 8.03 Å². The Morgan fingerprint density at radius 2 is 2.00 bits per heavy atom. The molecule has 0 spiro atoms. The van der Waals surface area contributed by atoms with Gasteiger partial charge in [0, 0.05) is 5.92 Å². The lowest BCUT2D eigenvalue weighted by Crippen LogP contribution is -2.07. The minimum atomic E-state index is -1.96. The Morgan fingerprint density at radius 3 is 2.11 bits per heavy atom. The Hall–Kier alpha value is 0.0600. The molecule has 9 heavy (non-hydrogen) atoms. The molecule has 0 saturated heterocycles. The van der Waals surface area contributed by atoms with E-state index in [-0.39, 0.29) is 5.66 Å². The first-order valence-corrected chi connectivity index (χ1v) is 4.53. The van der Waals surface area contributed by atoms with E-state index in [2.05, 4.69) is 0 Å². The van der Waals surface area contributed by atoms with Gasteiger partial charge in [-0.3, -0.25) is 0 Å². The van der Waals surface area contributed by atoms with Crippen LogP contribution in [0.1, 0.15) is 27.2 Å². The summed E-state index contributed by atoms with van der Waals surface area (Å²) in [5.41, 5.74) is -0.0509. The third kappa shape index (κ3) is 2.92. The summed E-state index contributed by atoms with van der Waals surface area (Å²) in [6.07, 6.45) is 0.975. The third-order valence-electron chi connectivity index (χ3n) is 1.82. The van der Waals surface area contributed by atoms with Crippen LogP contribution in [0.2, 0.25) is 0 Å². The van der Waals surface area contributed by atoms with Gasteiger partial charge in [0.15, 0.2) is 5.66 Å². The van der Waals surface area contributed by atoms with Crippen molar-refractivity contribution >= 4 is 8.03 Å². The molecule has 0 radical (unpaired) electrons. The molecule has 0 heterocycles. The lowest BCUT2D eigenvalue weighted by molar-refractivity contribution is 0.454. The van der Waals surface area contributed by atoms with E-state index >= 15 is 0 Å². The van der Waals surface area contributed by atoms with Crippen molar-refractivity contribution in [3.8, 4) is 0 Å². The van der Waals surface area contributed by atoms with Gasteiger partial charge >= 0.3 is 8.03 Å². The Labute approximate surface area is 57.1 Å². The van der Waals surface area contributed by atoms with Gasteiger partial charge in [-0.05, 0) is 17.9 Å². The van der Waals surface area contributed by atoms with E-state index in [9.17, 15) is 4.57 Å². The van der Waals surface area contributed by atoms with Crippen molar-refractivity contribution in [1.29, 1.82) is 0 Å². The summed E-state index contributed by atoms with van der Waals surface area (Å²) in [7, 11) is -1.96. The topological polar surface area (TPSA) is 37.3 Å². The molecule has 0 aliphatic carbocycles.